The van der Waals surface area contributed by atoms with Gasteiger partial charge in [0.05, 0.1) is 6.54 Å². The van der Waals surface area contributed by atoms with E-state index < -0.39 is 0 Å². The van der Waals surface area contributed by atoms with Crippen molar-refractivity contribution in [2.75, 3.05) is 20.1 Å². The van der Waals surface area contributed by atoms with Crippen LogP contribution in [0.4, 0.5) is 0 Å². The zero-order chi connectivity index (χ0) is 17.1. The van der Waals surface area contributed by atoms with Gasteiger partial charge in [-0.1, -0.05) is 49.3 Å². The molecule has 24 heavy (non-hydrogen) atoms. The Labute approximate surface area is 144 Å². The SMILES string of the molecule is Cc1nc(CN(C)C2[C@H](C)CN(Cc3ccccc3)C[C@@H]2C)no1. The van der Waals surface area contributed by atoms with Crippen LogP contribution >= 0.6 is 0 Å². The van der Waals surface area contributed by atoms with Crippen LogP contribution in [-0.2, 0) is 13.1 Å². The first-order valence-electron chi connectivity index (χ1n) is 8.78. The van der Waals surface area contributed by atoms with Crippen molar-refractivity contribution in [1.29, 1.82) is 0 Å². The van der Waals surface area contributed by atoms with Crippen LogP contribution in [0.3, 0.4) is 0 Å². The Morgan fingerprint density at radius 3 is 2.42 bits per heavy atom. The minimum atomic E-state index is 0.538. The minimum Gasteiger partial charge on any atom is -0.340 e. The maximum absolute atomic E-state index is 5.09. The normalized spacial score (nSPS) is 25.3. The number of piperidine rings is 1. The van der Waals surface area contributed by atoms with E-state index in [1.807, 2.05) is 6.92 Å². The fraction of sp³-hybridized carbons (Fsp3) is 0.579. The monoisotopic (exact) mass is 328 g/mol. The number of hydrogen-bond donors (Lipinski definition) is 0. The van der Waals surface area contributed by atoms with Crippen LogP contribution in [-0.4, -0.2) is 46.1 Å². The second-order valence-corrected chi connectivity index (χ2v) is 7.27. The summed E-state index contributed by atoms with van der Waals surface area (Å²) >= 11 is 0. The number of nitrogens with zero attached hydrogens (tertiary/aromatic N) is 4. The Morgan fingerprint density at radius 2 is 1.83 bits per heavy atom. The summed E-state index contributed by atoms with van der Waals surface area (Å²) in [5.41, 5.74) is 1.39. The van der Waals surface area contributed by atoms with Gasteiger partial charge in [-0.25, -0.2) is 0 Å². The zero-order valence-corrected chi connectivity index (χ0v) is 15.1. The first-order valence-corrected chi connectivity index (χ1v) is 8.78. The van der Waals surface area contributed by atoms with Gasteiger partial charge < -0.3 is 4.52 Å². The molecule has 2 heterocycles. The summed E-state index contributed by atoms with van der Waals surface area (Å²) < 4.78 is 5.09. The Hall–Kier alpha value is -1.72. The molecule has 1 aromatic carbocycles. The number of likely N-dealkylation sites (tertiary alicyclic amines) is 1. The molecule has 3 atom stereocenters. The van der Waals surface area contributed by atoms with E-state index in [1.165, 1.54) is 5.56 Å². The number of aromatic nitrogens is 2. The summed E-state index contributed by atoms with van der Waals surface area (Å²) in [6, 6.07) is 11.3. The topological polar surface area (TPSA) is 45.4 Å². The lowest BCUT2D eigenvalue weighted by Crippen LogP contribution is -2.53. The molecule has 5 nitrogen and oxygen atoms in total. The predicted molar refractivity (Wildman–Crippen MR) is 94.3 cm³/mol. The van der Waals surface area contributed by atoms with Gasteiger partial charge >= 0.3 is 0 Å². The molecule has 3 rings (SSSR count). The summed E-state index contributed by atoms with van der Waals surface area (Å²) in [6.07, 6.45) is 0. The summed E-state index contributed by atoms with van der Waals surface area (Å²) in [5.74, 6) is 2.63. The molecule has 0 radical (unpaired) electrons. The number of benzene rings is 1. The van der Waals surface area contributed by atoms with E-state index in [4.69, 9.17) is 4.52 Å². The average Bonchev–Trinajstić information content (AvgIpc) is 2.92. The molecule has 1 aliphatic rings. The molecule has 0 bridgehead atoms. The molecule has 130 valence electrons. The van der Waals surface area contributed by atoms with Crippen molar-refractivity contribution in [3.8, 4) is 0 Å². The van der Waals surface area contributed by atoms with E-state index in [0.717, 1.165) is 32.0 Å². The Kier molecular flexibility index (Phi) is 5.31. The molecular formula is C19H28N4O. The molecular weight excluding hydrogens is 300 g/mol. The lowest BCUT2D eigenvalue weighted by molar-refractivity contribution is 0.0277. The third-order valence-electron chi connectivity index (χ3n) is 4.98. The van der Waals surface area contributed by atoms with Crippen LogP contribution in [0.15, 0.2) is 34.9 Å². The third kappa shape index (κ3) is 4.02. The summed E-state index contributed by atoms with van der Waals surface area (Å²) in [4.78, 5) is 9.30. The molecule has 1 aliphatic heterocycles. The van der Waals surface area contributed by atoms with Gasteiger partial charge in [0, 0.05) is 32.6 Å². The lowest BCUT2D eigenvalue weighted by atomic mass is 9.84. The van der Waals surface area contributed by atoms with E-state index in [-0.39, 0.29) is 0 Å². The molecule has 0 saturated carbocycles. The van der Waals surface area contributed by atoms with Crippen LogP contribution in [0, 0.1) is 18.8 Å². The van der Waals surface area contributed by atoms with Crippen LogP contribution in [0.2, 0.25) is 0 Å². The van der Waals surface area contributed by atoms with Crippen LogP contribution in [0.1, 0.15) is 31.1 Å². The predicted octanol–water partition coefficient (Wildman–Crippen LogP) is 2.97. The summed E-state index contributed by atoms with van der Waals surface area (Å²) in [7, 11) is 2.18. The number of hydrogen-bond acceptors (Lipinski definition) is 5. The van der Waals surface area contributed by atoms with Gasteiger partial charge in [0.15, 0.2) is 5.82 Å². The number of aryl methyl sites for hydroxylation is 1. The second kappa shape index (κ2) is 7.45. The highest BCUT2D eigenvalue weighted by molar-refractivity contribution is 5.14. The largest absolute Gasteiger partial charge is 0.340 e. The number of rotatable bonds is 5. The van der Waals surface area contributed by atoms with Crippen molar-refractivity contribution in [3.05, 3.63) is 47.6 Å². The van der Waals surface area contributed by atoms with Crippen LogP contribution in [0.25, 0.3) is 0 Å². The smallest absolute Gasteiger partial charge is 0.223 e. The van der Waals surface area contributed by atoms with Gasteiger partial charge in [0.1, 0.15) is 0 Å². The first-order chi connectivity index (χ1) is 11.5. The molecule has 5 heteroatoms. The molecule has 1 saturated heterocycles. The fourth-order valence-corrected chi connectivity index (χ4v) is 4.24. The fourth-order valence-electron chi connectivity index (χ4n) is 4.24. The van der Waals surface area contributed by atoms with E-state index in [9.17, 15) is 0 Å². The highest BCUT2D eigenvalue weighted by atomic mass is 16.5. The van der Waals surface area contributed by atoms with Gasteiger partial charge in [0.2, 0.25) is 5.89 Å². The minimum absolute atomic E-state index is 0.538. The van der Waals surface area contributed by atoms with Crippen molar-refractivity contribution < 1.29 is 4.52 Å². The zero-order valence-electron chi connectivity index (χ0n) is 15.1. The van der Waals surface area contributed by atoms with Crippen LogP contribution < -0.4 is 0 Å². The summed E-state index contributed by atoms with van der Waals surface area (Å²) in [5, 5.41) is 4.03. The van der Waals surface area contributed by atoms with Gasteiger partial charge in [-0.15, -0.1) is 0 Å². The third-order valence-corrected chi connectivity index (χ3v) is 4.98. The first kappa shape index (κ1) is 17.1. The Morgan fingerprint density at radius 1 is 1.17 bits per heavy atom. The van der Waals surface area contributed by atoms with Crippen LogP contribution in [0.5, 0.6) is 0 Å². The van der Waals surface area contributed by atoms with Gasteiger partial charge in [0.25, 0.3) is 0 Å². The molecule has 1 fully saturated rings. The molecule has 0 amide bonds. The Balaban J connectivity index is 1.60. The molecule has 1 aromatic heterocycles. The molecule has 0 spiro atoms. The molecule has 2 aromatic rings. The standard InChI is InChI=1S/C19H28N4O/c1-14-10-23(12-17-8-6-5-7-9-17)11-15(2)19(14)22(4)13-18-20-16(3)24-21-18/h5-9,14-15,19H,10-13H2,1-4H3/t14-,15+,19?. The quantitative estimate of drug-likeness (QED) is 0.844. The maximum atomic E-state index is 5.09. The molecule has 1 unspecified atom stereocenters. The highest BCUT2D eigenvalue weighted by Crippen LogP contribution is 2.27. The molecule has 0 N–H and O–H groups in total. The van der Waals surface area contributed by atoms with E-state index >= 15 is 0 Å². The van der Waals surface area contributed by atoms with Crippen molar-refractivity contribution in [1.82, 2.24) is 19.9 Å². The van der Waals surface area contributed by atoms with Crippen molar-refractivity contribution in [3.63, 3.8) is 0 Å². The van der Waals surface area contributed by atoms with Crippen molar-refractivity contribution in [2.45, 2.75) is 39.9 Å². The van der Waals surface area contributed by atoms with Gasteiger partial charge in [-0.05, 0) is 24.4 Å². The maximum Gasteiger partial charge on any atom is 0.223 e. The van der Waals surface area contributed by atoms with E-state index in [2.05, 4.69) is 71.2 Å². The molecule has 0 aliphatic carbocycles. The van der Waals surface area contributed by atoms with Gasteiger partial charge in [-0.3, -0.25) is 9.80 Å². The Bertz CT molecular complexity index is 630. The van der Waals surface area contributed by atoms with Crippen molar-refractivity contribution >= 4 is 0 Å². The second-order valence-electron chi connectivity index (χ2n) is 7.27. The average molecular weight is 328 g/mol. The van der Waals surface area contributed by atoms with Crippen molar-refractivity contribution in [2.24, 2.45) is 11.8 Å². The lowest BCUT2D eigenvalue weighted by Gasteiger charge is -2.45. The highest BCUT2D eigenvalue weighted by Gasteiger charge is 2.34. The van der Waals surface area contributed by atoms with E-state index in [0.29, 0.717) is 23.8 Å². The van der Waals surface area contributed by atoms with Gasteiger partial charge in [-0.2, -0.15) is 4.98 Å². The van der Waals surface area contributed by atoms with E-state index in [1.54, 1.807) is 0 Å². The summed E-state index contributed by atoms with van der Waals surface area (Å²) in [6.45, 7) is 10.6.